The fraction of sp³-hybridized carbons (Fsp3) is 0.125. The molecule has 0 saturated heterocycles. The van der Waals surface area contributed by atoms with Crippen LogP contribution in [0, 0.1) is 23.7 Å². The van der Waals surface area contributed by atoms with Crippen molar-refractivity contribution in [3.8, 4) is 29.6 Å². The maximum absolute atomic E-state index is 11.6. The average Bonchev–Trinajstić information content (AvgIpc) is 2.46. The molecule has 0 spiro atoms. The second kappa shape index (κ2) is 5.34. The molecule has 0 radical (unpaired) electrons. The number of rotatable bonds is 0. The fourth-order valence-corrected chi connectivity index (χ4v) is 1.77. The van der Waals surface area contributed by atoms with Gasteiger partial charge < -0.3 is 4.74 Å². The molecule has 1 aliphatic heterocycles. The van der Waals surface area contributed by atoms with E-state index in [1.807, 2.05) is 24.3 Å². The standard InChI is InChI=1S/C16H10N2O2/c19-16-10-9-15-17-18(16)11-3-7-13-5-1-2-6-14(13)8-4-12-20-15/h1-2,5-6,9-10H,11-12H2. The van der Waals surface area contributed by atoms with E-state index in [1.54, 1.807) is 0 Å². The van der Waals surface area contributed by atoms with Crippen LogP contribution in [0.15, 0.2) is 41.2 Å². The van der Waals surface area contributed by atoms with Gasteiger partial charge in [-0.2, -0.15) is 0 Å². The highest BCUT2D eigenvalue weighted by Gasteiger charge is 2.01. The zero-order chi connectivity index (χ0) is 13.8. The summed E-state index contributed by atoms with van der Waals surface area (Å²) in [4.78, 5) is 11.6. The van der Waals surface area contributed by atoms with Gasteiger partial charge >= 0.3 is 0 Å². The summed E-state index contributed by atoms with van der Waals surface area (Å²) in [6.07, 6.45) is 0. The zero-order valence-electron chi connectivity index (χ0n) is 10.6. The van der Waals surface area contributed by atoms with Crippen molar-refractivity contribution in [3.63, 3.8) is 0 Å². The quantitative estimate of drug-likeness (QED) is 0.666. The Balaban J connectivity index is 2.07. The van der Waals surface area contributed by atoms with Crippen LogP contribution in [0.5, 0.6) is 5.88 Å². The second-order valence-corrected chi connectivity index (χ2v) is 4.11. The lowest BCUT2D eigenvalue weighted by Gasteiger charge is -2.04. The minimum absolute atomic E-state index is 0.205. The number of hydrogen-bond acceptors (Lipinski definition) is 3. The molecule has 0 fully saturated rings. The highest BCUT2D eigenvalue weighted by atomic mass is 16.5. The van der Waals surface area contributed by atoms with Crippen LogP contribution in [0.4, 0.5) is 0 Å². The first-order valence-corrected chi connectivity index (χ1v) is 6.11. The van der Waals surface area contributed by atoms with Crippen molar-refractivity contribution in [2.45, 2.75) is 6.54 Å². The van der Waals surface area contributed by atoms with Crippen molar-refractivity contribution in [2.24, 2.45) is 0 Å². The van der Waals surface area contributed by atoms with E-state index < -0.39 is 0 Å². The molecule has 96 valence electrons. The summed E-state index contributed by atoms with van der Waals surface area (Å²) in [6, 6.07) is 10.6. The van der Waals surface area contributed by atoms with E-state index in [4.69, 9.17) is 4.74 Å². The van der Waals surface area contributed by atoms with E-state index in [-0.39, 0.29) is 18.7 Å². The van der Waals surface area contributed by atoms with Crippen molar-refractivity contribution in [2.75, 3.05) is 6.61 Å². The van der Waals surface area contributed by atoms with Crippen molar-refractivity contribution < 1.29 is 4.74 Å². The van der Waals surface area contributed by atoms with E-state index in [2.05, 4.69) is 28.8 Å². The van der Waals surface area contributed by atoms with Gasteiger partial charge in [0.25, 0.3) is 5.56 Å². The Hall–Kier alpha value is -2.98. The molecule has 20 heavy (non-hydrogen) atoms. The Kier molecular flexibility index (Phi) is 3.22. The molecule has 1 aromatic carbocycles. The minimum Gasteiger partial charge on any atom is -0.463 e. The SMILES string of the molecule is O=c1ccc2nn1CC#Cc1ccccc1C#CCO2. The lowest BCUT2D eigenvalue weighted by Crippen LogP contribution is -2.22. The summed E-state index contributed by atoms with van der Waals surface area (Å²) in [7, 11) is 0. The van der Waals surface area contributed by atoms with Gasteiger partial charge in [0.05, 0.1) is 0 Å². The van der Waals surface area contributed by atoms with Crippen LogP contribution in [0.1, 0.15) is 11.1 Å². The molecule has 0 aliphatic carbocycles. The third-order valence-corrected chi connectivity index (χ3v) is 2.74. The van der Waals surface area contributed by atoms with Gasteiger partial charge in [0.2, 0.25) is 5.88 Å². The topological polar surface area (TPSA) is 44.1 Å². The Morgan fingerprint density at radius 1 is 1.05 bits per heavy atom. The molecule has 0 atom stereocenters. The molecule has 1 aliphatic rings. The number of nitrogens with zero attached hydrogens (tertiary/aromatic N) is 2. The monoisotopic (exact) mass is 262 g/mol. The second-order valence-electron chi connectivity index (χ2n) is 4.11. The maximum Gasteiger partial charge on any atom is 0.267 e. The first-order valence-electron chi connectivity index (χ1n) is 6.11. The first kappa shape index (κ1) is 12.1. The van der Waals surface area contributed by atoms with E-state index in [0.717, 1.165) is 11.1 Å². The molecular weight excluding hydrogens is 252 g/mol. The molecule has 4 heteroatoms. The van der Waals surface area contributed by atoms with Gasteiger partial charge in [-0.15, -0.1) is 5.10 Å². The number of ether oxygens (including phenoxy) is 1. The number of hydrogen-bond donors (Lipinski definition) is 0. The smallest absolute Gasteiger partial charge is 0.267 e. The van der Waals surface area contributed by atoms with Crippen molar-refractivity contribution >= 4 is 0 Å². The van der Waals surface area contributed by atoms with E-state index in [0.29, 0.717) is 5.88 Å². The van der Waals surface area contributed by atoms with Crippen LogP contribution in [-0.2, 0) is 6.54 Å². The zero-order valence-corrected chi connectivity index (χ0v) is 10.6. The highest BCUT2D eigenvalue weighted by molar-refractivity contribution is 5.50. The molecule has 0 amide bonds. The van der Waals surface area contributed by atoms with Gasteiger partial charge in [-0.3, -0.25) is 4.79 Å². The van der Waals surface area contributed by atoms with Gasteiger partial charge in [0.1, 0.15) is 6.54 Å². The normalized spacial score (nSPS) is 12.2. The van der Waals surface area contributed by atoms with Gasteiger partial charge in [-0.25, -0.2) is 4.68 Å². The number of fused-ring (bicyclic) bond motifs is 3. The lowest BCUT2D eigenvalue weighted by atomic mass is 10.1. The molecule has 4 nitrogen and oxygen atoms in total. The number of aromatic nitrogens is 2. The van der Waals surface area contributed by atoms with Crippen LogP contribution in [0.3, 0.4) is 0 Å². The van der Waals surface area contributed by atoms with E-state index in [1.165, 1.54) is 16.8 Å². The summed E-state index contributed by atoms with van der Waals surface area (Å²) in [5.41, 5.74) is 1.49. The van der Waals surface area contributed by atoms with Crippen molar-refractivity contribution in [1.29, 1.82) is 0 Å². The Morgan fingerprint density at radius 3 is 2.60 bits per heavy atom. The van der Waals surface area contributed by atoms with Gasteiger partial charge in [-0.05, 0) is 12.1 Å². The molecule has 3 rings (SSSR count). The molecule has 1 aromatic heterocycles. The summed E-state index contributed by atoms with van der Waals surface area (Å²) in [6.45, 7) is 0.435. The molecule has 0 N–H and O–H groups in total. The molecule has 2 bridgehead atoms. The van der Waals surface area contributed by atoms with E-state index >= 15 is 0 Å². The Labute approximate surface area is 116 Å². The lowest BCUT2D eigenvalue weighted by molar-refractivity contribution is 0.341. The Bertz CT molecular complexity index is 829. The van der Waals surface area contributed by atoms with E-state index in [9.17, 15) is 4.79 Å². The largest absolute Gasteiger partial charge is 0.463 e. The van der Waals surface area contributed by atoms with Crippen LogP contribution >= 0.6 is 0 Å². The van der Waals surface area contributed by atoms with Crippen LogP contribution < -0.4 is 10.3 Å². The average molecular weight is 262 g/mol. The number of benzene rings is 1. The molecule has 2 aromatic rings. The van der Waals surface area contributed by atoms with Gasteiger partial charge in [0, 0.05) is 23.3 Å². The van der Waals surface area contributed by atoms with Crippen molar-refractivity contribution in [3.05, 3.63) is 57.9 Å². The van der Waals surface area contributed by atoms with Crippen LogP contribution in [0.25, 0.3) is 0 Å². The highest BCUT2D eigenvalue weighted by Crippen LogP contribution is 2.06. The molecular formula is C16H10N2O2. The molecule has 0 unspecified atom stereocenters. The Morgan fingerprint density at radius 2 is 1.80 bits per heavy atom. The predicted octanol–water partition coefficient (Wildman–Crippen LogP) is 1.04. The summed E-state index contributed by atoms with van der Waals surface area (Å²) in [5, 5.41) is 4.07. The fourth-order valence-electron chi connectivity index (χ4n) is 1.77. The molecule has 0 saturated carbocycles. The van der Waals surface area contributed by atoms with Crippen LogP contribution in [-0.4, -0.2) is 16.4 Å². The van der Waals surface area contributed by atoms with Crippen molar-refractivity contribution in [1.82, 2.24) is 9.78 Å². The predicted molar refractivity (Wildman–Crippen MR) is 74.2 cm³/mol. The third-order valence-electron chi connectivity index (χ3n) is 2.74. The van der Waals surface area contributed by atoms with Gasteiger partial charge in [-0.1, -0.05) is 35.8 Å². The van der Waals surface area contributed by atoms with Crippen LogP contribution in [0.2, 0.25) is 0 Å². The summed E-state index contributed by atoms with van der Waals surface area (Å²) < 4.78 is 6.67. The first-order chi connectivity index (χ1) is 9.83. The minimum atomic E-state index is -0.205. The third kappa shape index (κ3) is 2.55. The van der Waals surface area contributed by atoms with Gasteiger partial charge in [0.15, 0.2) is 6.61 Å². The molecule has 2 heterocycles. The summed E-state index contributed by atoms with van der Waals surface area (Å²) >= 11 is 0. The maximum atomic E-state index is 11.6. The summed E-state index contributed by atoms with van der Waals surface area (Å²) in [5.74, 6) is 12.3.